The van der Waals surface area contributed by atoms with Gasteiger partial charge in [-0.25, -0.2) is 0 Å². The molecule has 1 rings (SSSR count). The monoisotopic (exact) mass is 193 g/mol. The molecule has 1 heterocycles. The Kier molecular flexibility index (Phi) is 5.32. The Morgan fingerprint density at radius 1 is 1.43 bits per heavy atom. The first kappa shape index (κ1) is 11.3. The van der Waals surface area contributed by atoms with Gasteiger partial charge in [0.05, 0.1) is 6.04 Å². The second kappa shape index (κ2) is 6.62. The number of nitrogens with one attached hydrogen (secondary N) is 1. The van der Waals surface area contributed by atoms with Gasteiger partial charge in [0.1, 0.15) is 5.78 Å². The molecule has 1 fully saturated rings. The van der Waals surface area contributed by atoms with Crippen molar-refractivity contribution in [2.45, 2.75) is 51.0 Å². The minimum atomic E-state index is 0.107. The Hall–Kier alpha value is -0.810. The topological polar surface area (TPSA) is 29.1 Å². The van der Waals surface area contributed by atoms with Crippen molar-refractivity contribution in [3.8, 4) is 12.3 Å². The van der Waals surface area contributed by atoms with Gasteiger partial charge in [0.15, 0.2) is 0 Å². The SMILES string of the molecule is C#CCCCC(=O)C1CCCCCN1. The number of unbranched alkanes of at least 4 members (excludes halogenated alkanes) is 1. The average Bonchev–Trinajstić information content (AvgIpc) is 2.46. The van der Waals surface area contributed by atoms with Gasteiger partial charge in [0, 0.05) is 12.8 Å². The Morgan fingerprint density at radius 2 is 2.29 bits per heavy atom. The number of carbonyl (C=O) groups excluding carboxylic acids is 1. The fourth-order valence-electron chi connectivity index (χ4n) is 1.84. The van der Waals surface area contributed by atoms with Gasteiger partial charge in [-0.2, -0.15) is 0 Å². The van der Waals surface area contributed by atoms with Crippen LogP contribution >= 0.6 is 0 Å². The summed E-state index contributed by atoms with van der Waals surface area (Å²) in [5, 5.41) is 3.31. The summed E-state index contributed by atoms with van der Waals surface area (Å²) in [7, 11) is 0. The second-order valence-electron chi connectivity index (χ2n) is 3.88. The van der Waals surface area contributed by atoms with Crippen molar-refractivity contribution in [2.24, 2.45) is 0 Å². The first-order valence-corrected chi connectivity index (χ1v) is 5.54. The molecule has 0 aromatic rings. The summed E-state index contributed by atoms with van der Waals surface area (Å²) in [6.45, 7) is 0.992. The molecule has 2 nitrogen and oxygen atoms in total. The third-order valence-electron chi connectivity index (χ3n) is 2.69. The van der Waals surface area contributed by atoms with E-state index in [1.54, 1.807) is 0 Å². The molecular formula is C12H19NO. The molecule has 0 aromatic heterocycles. The van der Waals surface area contributed by atoms with Crippen LogP contribution in [0.15, 0.2) is 0 Å². The van der Waals surface area contributed by atoms with Crippen LogP contribution in [0.1, 0.15) is 44.9 Å². The van der Waals surface area contributed by atoms with E-state index in [0.29, 0.717) is 12.2 Å². The van der Waals surface area contributed by atoms with Crippen molar-refractivity contribution in [1.29, 1.82) is 0 Å². The highest BCUT2D eigenvalue weighted by molar-refractivity contribution is 5.83. The molecule has 1 aliphatic heterocycles. The Labute approximate surface area is 86.5 Å². The largest absolute Gasteiger partial charge is 0.307 e. The van der Waals surface area contributed by atoms with Gasteiger partial charge in [-0.15, -0.1) is 12.3 Å². The van der Waals surface area contributed by atoms with E-state index in [1.165, 1.54) is 19.3 Å². The van der Waals surface area contributed by atoms with Crippen LogP contribution in [0, 0.1) is 12.3 Å². The maximum absolute atomic E-state index is 11.7. The zero-order valence-electron chi connectivity index (χ0n) is 8.72. The van der Waals surface area contributed by atoms with Crippen LogP contribution in [0.2, 0.25) is 0 Å². The average molecular weight is 193 g/mol. The first-order chi connectivity index (χ1) is 6.84. The number of terminal acetylenes is 1. The molecule has 0 amide bonds. The van der Waals surface area contributed by atoms with Crippen molar-refractivity contribution >= 4 is 5.78 Å². The van der Waals surface area contributed by atoms with Crippen molar-refractivity contribution in [2.75, 3.05) is 6.54 Å². The van der Waals surface area contributed by atoms with Crippen LogP contribution in [0.4, 0.5) is 0 Å². The molecule has 0 saturated carbocycles. The number of carbonyl (C=O) groups is 1. The molecule has 0 aliphatic carbocycles. The fraction of sp³-hybridized carbons (Fsp3) is 0.750. The van der Waals surface area contributed by atoms with Crippen molar-refractivity contribution in [3.05, 3.63) is 0 Å². The molecule has 0 aromatic carbocycles. The van der Waals surface area contributed by atoms with Crippen LogP contribution in [0.5, 0.6) is 0 Å². The Balaban J connectivity index is 2.24. The fourth-order valence-corrected chi connectivity index (χ4v) is 1.84. The molecule has 1 N–H and O–H groups in total. The smallest absolute Gasteiger partial charge is 0.149 e. The van der Waals surface area contributed by atoms with Gasteiger partial charge in [-0.05, 0) is 25.8 Å². The molecule has 0 spiro atoms. The molecule has 1 unspecified atom stereocenters. The van der Waals surface area contributed by atoms with Gasteiger partial charge in [0.25, 0.3) is 0 Å². The van der Waals surface area contributed by atoms with E-state index >= 15 is 0 Å². The molecule has 0 radical (unpaired) electrons. The number of hydrogen-bond acceptors (Lipinski definition) is 2. The summed E-state index contributed by atoms with van der Waals surface area (Å²) in [6, 6.07) is 0.107. The quantitative estimate of drug-likeness (QED) is 0.545. The summed E-state index contributed by atoms with van der Waals surface area (Å²) >= 11 is 0. The van der Waals surface area contributed by atoms with Gasteiger partial charge in [-0.3, -0.25) is 4.79 Å². The third kappa shape index (κ3) is 3.93. The van der Waals surface area contributed by atoms with E-state index < -0.39 is 0 Å². The van der Waals surface area contributed by atoms with Gasteiger partial charge < -0.3 is 5.32 Å². The van der Waals surface area contributed by atoms with Gasteiger partial charge in [-0.1, -0.05) is 12.8 Å². The highest BCUT2D eigenvalue weighted by Crippen LogP contribution is 2.11. The predicted molar refractivity (Wildman–Crippen MR) is 57.9 cm³/mol. The Bertz CT molecular complexity index is 209. The predicted octanol–water partition coefficient (Wildman–Crippen LogP) is 1.89. The summed E-state index contributed by atoms with van der Waals surface area (Å²) in [4.78, 5) is 11.7. The standard InChI is InChI=1S/C12H19NO/c1-2-3-5-9-12(14)11-8-6-4-7-10-13-11/h1,11,13H,3-10H2. The van der Waals surface area contributed by atoms with Crippen LogP contribution in [-0.4, -0.2) is 18.4 Å². The van der Waals surface area contributed by atoms with Crippen molar-refractivity contribution < 1.29 is 4.79 Å². The van der Waals surface area contributed by atoms with Crippen molar-refractivity contribution in [3.63, 3.8) is 0 Å². The molecule has 1 atom stereocenters. The van der Waals surface area contributed by atoms with Crippen molar-refractivity contribution in [1.82, 2.24) is 5.32 Å². The second-order valence-corrected chi connectivity index (χ2v) is 3.88. The molecular weight excluding hydrogens is 174 g/mol. The minimum Gasteiger partial charge on any atom is -0.307 e. The van der Waals surface area contributed by atoms with E-state index in [2.05, 4.69) is 11.2 Å². The van der Waals surface area contributed by atoms with E-state index in [4.69, 9.17) is 6.42 Å². The van der Waals surface area contributed by atoms with Crippen LogP contribution in [0.25, 0.3) is 0 Å². The van der Waals surface area contributed by atoms with E-state index in [9.17, 15) is 4.79 Å². The molecule has 0 bridgehead atoms. The van der Waals surface area contributed by atoms with E-state index in [-0.39, 0.29) is 6.04 Å². The third-order valence-corrected chi connectivity index (χ3v) is 2.69. The molecule has 1 saturated heterocycles. The highest BCUT2D eigenvalue weighted by atomic mass is 16.1. The molecule has 14 heavy (non-hydrogen) atoms. The maximum Gasteiger partial charge on any atom is 0.149 e. The maximum atomic E-state index is 11.7. The number of hydrogen-bond donors (Lipinski definition) is 1. The molecule has 1 aliphatic rings. The summed E-state index contributed by atoms with van der Waals surface area (Å²) in [5.74, 6) is 2.91. The minimum absolute atomic E-state index is 0.107. The van der Waals surface area contributed by atoms with E-state index in [0.717, 1.165) is 25.8 Å². The van der Waals surface area contributed by atoms with Crippen LogP contribution < -0.4 is 5.32 Å². The number of Topliss-reactive ketones (excluding diaryl/α,β-unsaturated/α-hetero) is 1. The zero-order chi connectivity index (χ0) is 10.2. The summed E-state index contributed by atoms with van der Waals surface area (Å²) < 4.78 is 0. The highest BCUT2D eigenvalue weighted by Gasteiger charge is 2.18. The number of ketones is 1. The molecule has 78 valence electrons. The lowest BCUT2D eigenvalue weighted by Crippen LogP contribution is -2.35. The van der Waals surface area contributed by atoms with E-state index in [1.807, 2.05) is 0 Å². The lowest BCUT2D eigenvalue weighted by Gasteiger charge is -2.13. The summed E-state index contributed by atoms with van der Waals surface area (Å²) in [5.41, 5.74) is 0. The van der Waals surface area contributed by atoms with Crippen LogP contribution in [-0.2, 0) is 4.79 Å². The number of rotatable bonds is 4. The van der Waals surface area contributed by atoms with Gasteiger partial charge >= 0.3 is 0 Å². The Morgan fingerprint density at radius 3 is 3.07 bits per heavy atom. The molecule has 2 heteroatoms. The normalized spacial score (nSPS) is 22.4. The lowest BCUT2D eigenvalue weighted by atomic mass is 10.0. The van der Waals surface area contributed by atoms with Gasteiger partial charge in [0.2, 0.25) is 0 Å². The first-order valence-electron chi connectivity index (χ1n) is 5.54. The van der Waals surface area contributed by atoms with Crippen LogP contribution in [0.3, 0.4) is 0 Å². The zero-order valence-corrected chi connectivity index (χ0v) is 8.72. The lowest BCUT2D eigenvalue weighted by molar-refractivity contribution is -0.121. The summed E-state index contributed by atoms with van der Waals surface area (Å²) in [6.07, 6.45) is 12.0.